The topological polar surface area (TPSA) is 54.5 Å². The Kier molecular flexibility index (Phi) is 1.74. The highest BCUT2D eigenvalue weighted by atomic mass is 16.2. The second-order valence-corrected chi connectivity index (χ2v) is 4.03. The number of para-hydroxylation sites is 1. The molecule has 0 radical (unpaired) electrons. The number of ketones is 2. The molecule has 0 saturated heterocycles. The van der Waals surface area contributed by atoms with Crippen LogP contribution in [0.15, 0.2) is 18.2 Å². The third-order valence-corrected chi connectivity index (χ3v) is 3.11. The van der Waals surface area contributed by atoms with Crippen LogP contribution in [0.2, 0.25) is 0 Å². The summed E-state index contributed by atoms with van der Waals surface area (Å²) in [5.74, 6) is -2.25. The Balaban J connectivity index is 2.32. The number of Topliss-reactive ketones (excluding diaryl/α,β-unsaturated/α-hetero) is 2. The fourth-order valence-electron chi connectivity index (χ4n) is 2.38. The predicted molar refractivity (Wildman–Crippen MR) is 56.5 cm³/mol. The first-order valence-corrected chi connectivity index (χ1v) is 5.22. The molecule has 4 heteroatoms. The van der Waals surface area contributed by atoms with Crippen molar-refractivity contribution in [1.29, 1.82) is 0 Å². The molecule has 80 valence electrons. The maximum Gasteiger partial charge on any atom is 0.302 e. The van der Waals surface area contributed by atoms with Crippen molar-refractivity contribution in [3.05, 3.63) is 29.3 Å². The third kappa shape index (κ3) is 1.01. The minimum atomic E-state index is -0.911. The Morgan fingerprint density at radius 1 is 1.06 bits per heavy atom. The molecule has 0 aromatic heterocycles. The molecule has 4 nitrogen and oxygen atoms in total. The fourth-order valence-corrected chi connectivity index (χ4v) is 2.38. The van der Waals surface area contributed by atoms with E-state index < -0.39 is 17.5 Å². The largest absolute Gasteiger partial charge is 0.304 e. The number of rotatable bonds is 0. The van der Waals surface area contributed by atoms with E-state index in [-0.39, 0.29) is 0 Å². The van der Waals surface area contributed by atoms with E-state index in [1.807, 2.05) is 6.07 Å². The maximum absolute atomic E-state index is 11.7. The van der Waals surface area contributed by atoms with Crippen LogP contribution in [0.1, 0.15) is 22.3 Å². The van der Waals surface area contributed by atoms with Crippen molar-refractivity contribution in [1.82, 2.24) is 0 Å². The van der Waals surface area contributed by atoms with E-state index >= 15 is 0 Å². The van der Waals surface area contributed by atoms with Crippen LogP contribution in [0.5, 0.6) is 0 Å². The van der Waals surface area contributed by atoms with Crippen LogP contribution < -0.4 is 4.90 Å². The van der Waals surface area contributed by atoms with E-state index in [0.29, 0.717) is 17.8 Å². The molecule has 1 aromatic carbocycles. The van der Waals surface area contributed by atoms with Crippen molar-refractivity contribution >= 4 is 23.2 Å². The SMILES string of the molecule is O=C1C(=O)c2cccc3c2N(CCC3)C1=O. The molecule has 16 heavy (non-hydrogen) atoms. The van der Waals surface area contributed by atoms with Gasteiger partial charge in [-0.3, -0.25) is 14.4 Å². The van der Waals surface area contributed by atoms with Crippen molar-refractivity contribution in [2.75, 3.05) is 11.4 Å². The third-order valence-electron chi connectivity index (χ3n) is 3.11. The Bertz CT molecular complexity index is 533. The molecule has 2 heterocycles. The van der Waals surface area contributed by atoms with Crippen LogP contribution in [-0.2, 0) is 16.0 Å². The summed E-state index contributed by atoms with van der Waals surface area (Å²) in [6.07, 6.45) is 1.69. The normalized spacial score (nSPS) is 18.8. The first-order chi connectivity index (χ1) is 7.70. The van der Waals surface area contributed by atoms with Gasteiger partial charge in [-0.25, -0.2) is 0 Å². The van der Waals surface area contributed by atoms with Gasteiger partial charge in [0.1, 0.15) is 0 Å². The molecule has 0 aliphatic carbocycles. The van der Waals surface area contributed by atoms with Crippen LogP contribution in [0.25, 0.3) is 0 Å². The van der Waals surface area contributed by atoms with Crippen molar-refractivity contribution in [3.63, 3.8) is 0 Å². The Morgan fingerprint density at radius 2 is 1.88 bits per heavy atom. The molecular weight excluding hydrogens is 206 g/mol. The van der Waals surface area contributed by atoms with Crippen molar-refractivity contribution < 1.29 is 14.4 Å². The number of benzene rings is 1. The first kappa shape index (κ1) is 9.27. The minimum Gasteiger partial charge on any atom is -0.304 e. The molecule has 3 rings (SSSR count). The number of hydrogen-bond donors (Lipinski definition) is 0. The number of nitrogens with zero attached hydrogens (tertiary/aromatic N) is 1. The summed E-state index contributed by atoms with van der Waals surface area (Å²) in [6, 6.07) is 5.28. The monoisotopic (exact) mass is 215 g/mol. The van der Waals surface area contributed by atoms with Crippen LogP contribution >= 0.6 is 0 Å². The van der Waals surface area contributed by atoms with Gasteiger partial charge in [0.15, 0.2) is 0 Å². The Morgan fingerprint density at radius 3 is 2.69 bits per heavy atom. The predicted octanol–water partition coefficient (Wildman–Crippen LogP) is 0.731. The lowest BCUT2D eigenvalue weighted by molar-refractivity contribution is -0.133. The van der Waals surface area contributed by atoms with E-state index in [1.165, 1.54) is 4.90 Å². The molecule has 0 N–H and O–H groups in total. The van der Waals surface area contributed by atoms with Crippen molar-refractivity contribution in [2.24, 2.45) is 0 Å². The summed E-state index contributed by atoms with van der Waals surface area (Å²) < 4.78 is 0. The van der Waals surface area contributed by atoms with Gasteiger partial charge in [0.05, 0.1) is 11.3 Å². The summed E-state index contributed by atoms with van der Waals surface area (Å²) >= 11 is 0. The number of amides is 1. The second kappa shape index (κ2) is 3.01. The molecular formula is C12H9NO3. The van der Waals surface area contributed by atoms with Gasteiger partial charge >= 0.3 is 5.91 Å². The van der Waals surface area contributed by atoms with Crippen LogP contribution in [0, 0.1) is 0 Å². The zero-order valence-corrected chi connectivity index (χ0v) is 8.53. The molecule has 1 amide bonds. The quantitative estimate of drug-likeness (QED) is 0.599. The van der Waals surface area contributed by atoms with Gasteiger partial charge in [-0.2, -0.15) is 0 Å². The van der Waals surface area contributed by atoms with Gasteiger partial charge in [0, 0.05) is 6.54 Å². The highest BCUT2D eigenvalue weighted by Gasteiger charge is 2.40. The van der Waals surface area contributed by atoms with Crippen molar-refractivity contribution in [3.8, 4) is 0 Å². The zero-order chi connectivity index (χ0) is 11.3. The van der Waals surface area contributed by atoms with E-state index in [2.05, 4.69) is 0 Å². The van der Waals surface area contributed by atoms with E-state index in [1.54, 1.807) is 12.1 Å². The molecule has 0 saturated carbocycles. The molecule has 0 fully saturated rings. The maximum atomic E-state index is 11.7. The van der Waals surface area contributed by atoms with Gasteiger partial charge in [-0.05, 0) is 24.5 Å². The summed E-state index contributed by atoms with van der Waals surface area (Å²) in [5.41, 5.74) is 2.02. The second-order valence-electron chi connectivity index (χ2n) is 4.03. The van der Waals surface area contributed by atoms with Gasteiger partial charge in [0.25, 0.3) is 5.78 Å². The lowest BCUT2D eigenvalue weighted by Gasteiger charge is -2.33. The van der Waals surface area contributed by atoms with Crippen LogP contribution in [0.3, 0.4) is 0 Å². The van der Waals surface area contributed by atoms with Gasteiger partial charge in [-0.1, -0.05) is 12.1 Å². The van der Waals surface area contributed by atoms with Gasteiger partial charge in [0.2, 0.25) is 5.78 Å². The number of carbonyl (C=O) groups is 3. The van der Waals surface area contributed by atoms with E-state index in [4.69, 9.17) is 0 Å². The number of anilines is 1. The molecule has 0 atom stereocenters. The number of aryl methyl sites for hydroxylation is 1. The zero-order valence-electron chi connectivity index (χ0n) is 8.53. The minimum absolute atomic E-state index is 0.377. The first-order valence-electron chi connectivity index (χ1n) is 5.22. The van der Waals surface area contributed by atoms with Crippen LogP contribution in [-0.4, -0.2) is 24.0 Å². The molecule has 2 aliphatic heterocycles. The van der Waals surface area contributed by atoms with E-state index in [9.17, 15) is 14.4 Å². The average Bonchev–Trinajstić information content (AvgIpc) is 2.33. The van der Waals surface area contributed by atoms with E-state index in [0.717, 1.165) is 18.4 Å². The number of carbonyl (C=O) groups excluding carboxylic acids is 3. The molecule has 1 aromatic rings. The number of hydrogen-bond acceptors (Lipinski definition) is 3. The van der Waals surface area contributed by atoms with Crippen LogP contribution in [0.4, 0.5) is 5.69 Å². The smallest absolute Gasteiger partial charge is 0.302 e. The lowest BCUT2D eigenvalue weighted by Crippen LogP contribution is -2.47. The standard InChI is InChI=1S/C12H9NO3/c14-10-8-5-1-3-7-4-2-6-13(9(7)8)12(16)11(10)15/h1,3,5H,2,4,6H2. The Hall–Kier alpha value is -1.97. The van der Waals surface area contributed by atoms with Gasteiger partial charge < -0.3 is 4.90 Å². The summed E-state index contributed by atoms with van der Waals surface area (Å²) in [5, 5.41) is 0. The lowest BCUT2D eigenvalue weighted by atomic mass is 9.90. The summed E-state index contributed by atoms with van der Waals surface area (Å²) in [4.78, 5) is 36.2. The summed E-state index contributed by atoms with van der Waals surface area (Å²) in [6.45, 7) is 0.530. The summed E-state index contributed by atoms with van der Waals surface area (Å²) in [7, 11) is 0. The molecule has 0 spiro atoms. The average molecular weight is 215 g/mol. The highest BCUT2D eigenvalue weighted by Crippen LogP contribution is 2.34. The highest BCUT2D eigenvalue weighted by molar-refractivity contribution is 6.71. The molecule has 2 aliphatic rings. The Labute approximate surface area is 91.9 Å². The fraction of sp³-hybridized carbons (Fsp3) is 0.250. The van der Waals surface area contributed by atoms with Gasteiger partial charge in [-0.15, -0.1) is 0 Å². The van der Waals surface area contributed by atoms with Crippen molar-refractivity contribution in [2.45, 2.75) is 12.8 Å². The molecule has 0 unspecified atom stereocenters. The molecule has 0 bridgehead atoms.